The third-order valence-corrected chi connectivity index (χ3v) is 5.24. The minimum Gasteiger partial charge on any atom is -0.378 e. The van der Waals surface area contributed by atoms with Crippen LogP contribution in [0.3, 0.4) is 0 Å². The third kappa shape index (κ3) is 3.85. The fraction of sp³-hybridized carbons (Fsp3) is 0.120. The maximum absolute atomic E-state index is 13.7. The van der Waals surface area contributed by atoms with Crippen LogP contribution in [-0.4, -0.2) is 25.9 Å². The van der Waals surface area contributed by atoms with Crippen LogP contribution in [0.5, 0.6) is 0 Å². The van der Waals surface area contributed by atoms with E-state index in [0.717, 1.165) is 28.3 Å². The Morgan fingerprint density at radius 3 is 2.06 bits per heavy atom. The van der Waals surface area contributed by atoms with E-state index in [1.165, 1.54) is 6.07 Å². The molecule has 2 amide bonds. The summed E-state index contributed by atoms with van der Waals surface area (Å²) in [4.78, 5) is 29.7. The minimum absolute atomic E-state index is 0.00143. The van der Waals surface area contributed by atoms with Gasteiger partial charge in [0, 0.05) is 31.5 Å². The summed E-state index contributed by atoms with van der Waals surface area (Å²) in [7, 11) is 3.78. The monoisotopic (exact) mass is 433 g/mol. The molecule has 0 unspecified atom stereocenters. The van der Waals surface area contributed by atoms with Gasteiger partial charge in [0.2, 0.25) is 0 Å². The molecular weight excluding hydrogens is 412 g/mol. The number of carbonyl (C=O) groups is 2. The van der Waals surface area contributed by atoms with Crippen molar-refractivity contribution in [2.75, 3.05) is 29.2 Å². The van der Waals surface area contributed by atoms with Gasteiger partial charge in [0.15, 0.2) is 11.6 Å². The second-order valence-corrected chi connectivity index (χ2v) is 7.73. The first-order valence-electron chi connectivity index (χ1n) is 9.96. The summed E-state index contributed by atoms with van der Waals surface area (Å²) in [5.74, 6) is -3.13. The Morgan fingerprint density at radius 2 is 1.47 bits per heavy atom. The molecule has 0 spiro atoms. The Hall–Kier alpha value is -4.00. The van der Waals surface area contributed by atoms with E-state index in [4.69, 9.17) is 0 Å². The Kier molecular flexibility index (Phi) is 5.48. The third-order valence-electron chi connectivity index (χ3n) is 5.24. The molecule has 5 nitrogen and oxygen atoms in total. The van der Waals surface area contributed by atoms with Crippen molar-refractivity contribution in [3.8, 4) is 0 Å². The number of hydrogen-bond acceptors (Lipinski definition) is 4. The molecule has 3 aromatic rings. The fourth-order valence-corrected chi connectivity index (χ4v) is 3.49. The van der Waals surface area contributed by atoms with E-state index in [1.54, 1.807) is 24.3 Å². The Morgan fingerprint density at radius 1 is 0.812 bits per heavy atom. The van der Waals surface area contributed by atoms with Crippen LogP contribution < -0.4 is 15.1 Å². The van der Waals surface area contributed by atoms with Gasteiger partial charge < -0.3 is 10.2 Å². The fourth-order valence-electron chi connectivity index (χ4n) is 3.49. The van der Waals surface area contributed by atoms with E-state index in [1.807, 2.05) is 50.2 Å². The molecule has 7 heteroatoms. The van der Waals surface area contributed by atoms with Crippen molar-refractivity contribution in [2.24, 2.45) is 0 Å². The normalized spacial score (nSPS) is 13.7. The number of aryl methyl sites for hydroxylation is 1. The highest BCUT2D eigenvalue weighted by Crippen LogP contribution is 2.34. The van der Waals surface area contributed by atoms with Crippen LogP contribution in [0.4, 0.5) is 25.8 Å². The van der Waals surface area contributed by atoms with E-state index >= 15 is 0 Å². The average molecular weight is 433 g/mol. The van der Waals surface area contributed by atoms with E-state index in [2.05, 4.69) is 5.32 Å². The highest BCUT2D eigenvalue weighted by Gasteiger charge is 2.40. The second kappa shape index (κ2) is 8.26. The smallest absolute Gasteiger partial charge is 0.282 e. The molecule has 0 aromatic heterocycles. The number of carbonyl (C=O) groups excluding carboxylic acids is 2. The quantitative estimate of drug-likeness (QED) is 0.591. The molecule has 0 bridgehead atoms. The van der Waals surface area contributed by atoms with E-state index in [-0.39, 0.29) is 17.0 Å². The first-order chi connectivity index (χ1) is 15.3. The van der Waals surface area contributed by atoms with Gasteiger partial charge in [-0.1, -0.05) is 29.8 Å². The van der Waals surface area contributed by atoms with Crippen LogP contribution >= 0.6 is 0 Å². The topological polar surface area (TPSA) is 52.7 Å². The molecule has 1 N–H and O–H groups in total. The van der Waals surface area contributed by atoms with Crippen LogP contribution in [0.25, 0.3) is 5.57 Å². The SMILES string of the molecule is Cc1ccc(C2=C(Nc3ccc(F)c(F)c3)C(=O)N(c3ccc(N(C)C)cc3)C2=O)cc1. The van der Waals surface area contributed by atoms with Gasteiger partial charge >= 0.3 is 0 Å². The molecule has 0 fully saturated rings. The molecule has 0 saturated carbocycles. The maximum atomic E-state index is 13.7. The molecule has 0 radical (unpaired) electrons. The number of imide groups is 1. The first kappa shape index (κ1) is 21.2. The molecule has 4 rings (SSSR count). The molecular formula is C25H21F2N3O2. The van der Waals surface area contributed by atoms with Crippen molar-refractivity contribution < 1.29 is 18.4 Å². The van der Waals surface area contributed by atoms with Crippen molar-refractivity contribution in [1.29, 1.82) is 0 Å². The predicted octanol–water partition coefficient (Wildman–Crippen LogP) is 4.74. The molecule has 0 aliphatic carbocycles. The number of nitrogens with zero attached hydrogens (tertiary/aromatic N) is 2. The van der Waals surface area contributed by atoms with Gasteiger partial charge in [-0.2, -0.15) is 0 Å². The molecule has 1 heterocycles. The van der Waals surface area contributed by atoms with Gasteiger partial charge in [-0.15, -0.1) is 0 Å². The summed E-state index contributed by atoms with van der Waals surface area (Å²) >= 11 is 0. The number of halogens is 2. The maximum Gasteiger partial charge on any atom is 0.282 e. The van der Waals surface area contributed by atoms with Gasteiger partial charge in [-0.3, -0.25) is 9.59 Å². The van der Waals surface area contributed by atoms with Crippen molar-refractivity contribution in [2.45, 2.75) is 6.92 Å². The summed E-state index contributed by atoms with van der Waals surface area (Å²) in [6.45, 7) is 1.92. The summed E-state index contributed by atoms with van der Waals surface area (Å²) in [6, 6.07) is 17.4. The van der Waals surface area contributed by atoms with E-state index in [0.29, 0.717) is 11.3 Å². The van der Waals surface area contributed by atoms with Gasteiger partial charge in [0.1, 0.15) is 5.70 Å². The largest absolute Gasteiger partial charge is 0.378 e. The van der Waals surface area contributed by atoms with Crippen molar-refractivity contribution in [3.05, 3.63) is 95.2 Å². The number of nitrogens with one attached hydrogen (secondary N) is 1. The van der Waals surface area contributed by atoms with Crippen molar-refractivity contribution >= 4 is 34.4 Å². The van der Waals surface area contributed by atoms with Crippen LogP contribution in [0.2, 0.25) is 0 Å². The van der Waals surface area contributed by atoms with E-state index < -0.39 is 23.4 Å². The van der Waals surface area contributed by atoms with Gasteiger partial charge in [-0.25, -0.2) is 13.7 Å². The van der Waals surface area contributed by atoms with Crippen molar-refractivity contribution in [1.82, 2.24) is 0 Å². The lowest BCUT2D eigenvalue weighted by Crippen LogP contribution is -2.32. The van der Waals surface area contributed by atoms with Crippen LogP contribution in [0, 0.1) is 18.6 Å². The zero-order valence-corrected chi connectivity index (χ0v) is 17.8. The number of rotatable bonds is 5. The molecule has 1 aliphatic heterocycles. The zero-order valence-electron chi connectivity index (χ0n) is 17.8. The van der Waals surface area contributed by atoms with E-state index in [9.17, 15) is 18.4 Å². The minimum atomic E-state index is -1.06. The highest BCUT2D eigenvalue weighted by molar-refractivity contribution is 6.46. The Labute approximate surface area is 184 Å². The van der Waals surface area contributed by atoms with Crippen LogP contribution in [0.1, 0.15) is 11.1 Å². The second-order valence-electron chi connectivity index (χ2n) is 7.73. The lowest BCUT2D eigenvalue weighted by atomic mass is 10.0. The summed E-state index contributed by atoms with van der Waals surface area (Å²) in [5, 5.41) is 2.83. The highest BCUT2D eigenvalue weighted by atomic mass is 19.2. The first-order valence-corrected chi connectivity index (χ1v) is 9.96. The predicted molar refractivity (Wildman–Crippen MR) is 121 cm³/mol. The average Bonchev–Trinajstić information content (AvgIpc) is 3.01. The van der Waals surface area contributed by atoms with Crippen LogP contribution in [0.15, 0.2) is 72.4 Å². The summed E-state index contributed by atoms with van der Waals surface area (Å²) in [6.07, 6.45) is 0. The van der Waals surface area contributed by atoms with Crippen LogP contribution in [-0.2, 0) is 9.59 Å². The number of anilines is 3. The number of amides is 2. The molecule has 0 saturated heterocycles. The zero-order chi connectivity index (χ0) is 23.0. The van der Waals surface area contributed by atoms with Gasteiger partial charge in [0.25, 0.3) is 11.8 Å². The molecule has 0 atom stereocenters. The number of hydrogen-bond donors (Lipinski definition) is 1. The number of benzene rings is 3. The Bertz CT molecular complexity index is 1230. The summed E-state index contributed by atoms with van der Waals surface area (Å²) in [5.41, 5.74) is 3.20. The van der Waals surface area contributed by atoms with Gasteiger partial charge in [-0.05, 0) is 48.9 Å². The Balaban J connectivity index is 1.79. The molecule has 3 aromatic carbocycles. The molecule has 32 heavy (non-hydrogen) atoms. The standard InChI is InChI=1S/C25H21F2N3O2/c1-15-4-6-16(7-5-15)22-23(28-17-8-13-20(26)21(27)14-17)25(32)30(24(22)31)19-11-9-18(10-12-19)29(2)3/h4-14,28H,1-3H3. The molecule has 162 valence electrons. The van der Waals surface area contributed by atoms with Crippen molar-refractivity contribution in [3.63, 3.8) is 0 Å². The molecule has 1 aliphatic rings. The lowest BCUT2D eigenvalue weighted by molar-refractivity contribution is -0.120. The summed E-state index contributed by atoms with van der Waals surface area (Å²) < 4.78 is 27.1. The van der Waals surface area contributed by atoms with Gasteiger partial charge in [0.05, 0.1) is 11.3 Å². The lowest BCUT2D eigenvalue weighted by Gasteiger charge is -2.18.